The first-order valence-corrected chi connectivity index (χ1v) is 6.83. The highest BCUT2D eigenvalue weighted by Gasteiger charge is 2.07. The fourth-order valence-electron chi connectivity index (χ4n) is 1.96. The average Bonchev–Trinajstić information content (AvgIpc) is 2.91. The van der Waals surface area contributed by atoms with Gasteiger partial charge in [-0.25, -0.2) is 0 Å². The molecule has 0 saturated carbocycles. The van der Waals surface area contributed by atoms with Crippen LogP contribution < -0.4 is 5.32 Å². The number of nitriles is 1. The van der Waals surface area contributed by atoms with E-state index in [0.29, 0.717) is 21.7 Å². The number of amides is 1. The number of carbonyl (C=O) groups excluding carboxylic acids is 1. The van der Waals surface area contributed by atoms with Crippen molar-refractivity contribution < 1.29 is 4.79 Å². The summed E-state index contributed by atoms with van der Waals surface area (Å²) >= 11 is 5.86. The van der Waals surface area contributed by atoms with Gasteiger partial charge in [-0.05, 0) is 42.5 Å². The third-order valence-electron chi connectivity index (χ3n) is 2.96. The van der Waals surface area contributed by atoms with Gasteiger partial charge in [-0.3, -0.25) is 4.79 Å². The van der Waals surface area contributed by atoms with E-state index in [-0.39, 0.29) is 12.3 Å². The molecule has 6 nitrogen and oxygen atoms in total. The van der Waals surface area contributed by atoms with Crippen LogP contribution in [0.4, 0.5) is 5.69 Å². The second kappa shape index (κ2) is 5.84. The number of carbonyl (C=O) groups is 1. The zero-order valence-corrected chi connectivity index (χ0v) is 12.1. The molecule has 0 aliphatic heterocycles. The molecule has 1 heterocycles. The molecular weight excluding hydrogens is 302 g/mol. The fraction of sp³-hybridized carbons (Fsp3) is 0.0667. The Morgan fingerprint density at radius 2 is 1.91 bits per heavy atom. The van der Waals surface area contributed by atoms with Crippen LogP contribution in [0, 0.1) is 11.3 Å². The third-order valence-corrected chi connectivity index (χ3v) is 3.21. The number of benzene rings is 2. The highest BCUT2D eigenvalue weighted by atomic mass is 35.5. The maximum Gasteiger partial charge on any atom is 0.238 e. The lowest BCUT2D eigenvalue weighted by Gasteiger charge is -2.00. The molecule has 0 aliphatic rings. The van der Waals surface area contributed by atoms with Gasteiger partial charge in [-0.1, -0.05) is 11.6 Å². The second-order valence-electron chi connectivity index (χ2n) is 4.55. The van der Waals surface area contributed by atoms with E-state index in [1.165, 1.54) is 4.80 Å². The van der Waals surface area contributed by atoms with E-state index in [2.05, 4.69) is 15.5 Å². The summed E-state index contributed by atoms with van der Waals surface area (Å²) in [6, 6.07) is 14.2. The zero-order valence-electron chi connectivity index (χ0n) is 11.3. The first-order chi connectivity index (χ1) is 10.7. The lowest BCUT2D eigenvalue weighted by atomic mass is 10.2. The lowest BCUT2D eigenvalue weighted by Crippen LogP contribution is -2.09. The first kappa shape index (κ1) is 14.0. The molecule has 0 radical (unpaired) electrons. The van der Waals surface area contributed by atoms with Gasteiger partial charge in [0.1, 0.15) is 17.5 Å². The van der Waals surface area contributed by atoms with Crippen LogP contribution in [-0.2, 0) is 4.79 Å². The van der Waals surface area contributed by atoms with Crippen molar-refractivity contribution in [3.05, 3.63) is 47.5 Å². The topological polar surface area (TPSA) is 83.6 Å². The summed E-state index contributed by atoms with van der Waals surface area (Å²) in [5.74, 6) is -0.355. The van der Waals surface area contributed by atoms with Crippen LogP contribution in [0.25, 0.3) is 16.7 Å². The quantitative estimate of drug-likeness (QED) is 0.806. The number of nitrogens with one attached hydrogen (secondary N) is 1. The number of hydrogen-bond donors (Lipinski definition) is 1. The van der Waals surface area contributed by atoms with Crippen molar-refractivity contribution in [2.45, 2.75) is 6.42 Å². The van der Waals surface area contributed by atoms with Gasteiger partial charge in [-0.2, -0.15) is 10.1 Å². The van der Waals surface area contributed by atoms with Crippen molar-refractivity contribution in [2.75, 3.05) is 5.32 Å². The highest BCUT2D eigenvalue weighted by molar-refractivity contribution is 6.30. The highest BCUT2D eigenvalue weighted by Crippen LogP contribution is 2.18. The average molecular weight is 312 g/mol. The van der Waals surface area contributed by atoms with Crippen LogP contribution in [0.1, 0.15) is 6.42 Å². The number of nitrogens with zero attached hydrogens (tertiary/aromatic N) is 4. The Bertz CT molecular complexity index is 879. The molecule has 2 aromatic carbocycles. The maximum atomic E-state index is 11.4. The van der Waals surface area contributed by atoms with E-state index in [0.717, 1.165) is 5.69 Å². The molecule has 1 amide bonds. The number of rotatable bonds is 3. The predicted molar refractivity (Wildman–Crippen MR) is 82.7 cm³/mol. The summed E-state index contributed by atoms with van der Waals surface area (Å²) in [4.78, 5) is 12.9. The molecule has 0 atom stereocenters. The SMILES string of the molecule is N#CCC(=O)Nc1ccc2nn(-c3ccc(Cl)cc3)nc2c1. The van der Waals surface area contributed by atoms with Crippen molar-refractivity contribution in [1.82, 2.24) is 15.0 Å². The fourth-order valence-corrected chi connectivity index (χ4v) is 2.09. The molecule has 0 bridgehead atoms. The summed E-state index contributed by atoms with van der Waals surface area (Å²) < 4.78 is 0. The molecule has 1 N–H and O–H groups in total. The number of hydrogen-bond acceptors (Lipinski definition) is 4. The molecule has 0 aliphatic carbocycles. The maximum absolute atomic E-state index is 11.4. The Labute approximate surface area is 130 Å². The Morgan fingerprint density at radius 1 is 1.18 bits per heavy atom. The largest absolute Gasteiger partial charge is 0.325 e. The minimum Gasteiger partial charge on any atom is -0.325 e. The minimum absolute atomic E-state index is 0.185. The second-order valence-corrected chi connectivity index (χ2v) is 4.99. The van der Waals surface area contributed by atoms with E-state index >= 15 is 0 Å². The zero-order chi connectivity index (χ0) is 15.5. The summed E-state index contributed by atoms with van der Waals surface area (Å²) in [5, 5.41) is 20.5. The standard InChI is InChI=1S/C15H10ClN5O/c16-10-1-4-12(5-2-10)21-19-13-6-3-11(9-14(13)20-21)18-15(22)7-8-17/h1-6,9H,7H2,(H,18,22). The van der Waals surface area contributed by atoms with Crippen LogP contribution in [0.15, 0.2) is 42.5 Å². The summed E-state index contributed by atoms with van der Waals surface area (Å²) in [5.41, 5.74) is 2.71. The first-order valence-electron chi connectivity index (χ1n) is 6.45. The smallest absolute Gasteiger partial charge is 0.238 e. The van der Waals surface area contributed by atoms with Gasteiger partial charge in [0.25, 0.3) is 0 Å². The molecular formula is C15H10ClN5O. The van der Waals surface area contributed by atoms with Crippen molar-refractivity contribution in [3.63, 3.8) is 0 Å². The number of halogens is 1. The van der Waals surface area contributed by atoms with Gasteiger partial charge >= 0.3 is 0 Å². The van der Waals surface area contributed by atoms with Crippen LogP contribution in [0.5, 0.6) is 0 Å². The Kier molecular flexibility index (Phi) is 3.73. The van der Waals surface area contributed by atoms with Gasteiger partial charge in [0.15, 0.2) is 0 Å². The number of fused-ring (bicyclic) bond motifs is 1. The Balaban J connectivity index is 1.92. The molecule has 3 rings (SSSR count). The molecule has 0 saturated heterocycles. The van der Waals surface area contributed by atoms with E-state index in [4.69, 9.17) is 16.9 Å². The molecule has 22 heavy (non-hydrogen) atoms. The number of anilines is 1. The van der Waals surface area contributed by atoms with Crippen molar-refractivity contribution in [3.8, 4) is 11.8 Å². The molecule has 3 aromatic rings. The van der Waals surface area contributed by atoms with Gasteiger partial charge in [0.05, 0.1) is 11.8 Å². The molecule has 0 fully saturated rings. The summed E-state index contributed by atoms with van der Waals surface area (Å²) in [6.45, 7) is 0. The number of aromatic nitrogens is 3. The van der Waals surface area contributed by atoms with E-state index in [1.807, 2.05) is 12.1 Å². The van der Waals surface area contributed by atoms with E-state index < -0.39 is 0 Å². The van der Waals surface area contributed by atoms with Crippen LogP contribution in [-0.4, -0.2) is 20.9 Å². The monoisotopic (exact) mass is 311 g/mol. The molecule has 7 heteroatoms. The van der Waals surface area contributed by atoms with Gasteiger partial charge in [0, 0.05) is 10.7 Å². The van der Waals surface area contributed by atoms with Crippen LogP contribution in [0.2, 0.25) is 5.02 Å². The van der Waals surface area contributed by atoms with Gasteiger partial charge in [-0.15, -0.1) is 10.2 Å². The summed E-state index contributed by atoms with van der Waals surface area (Å²) in [6.07, 6.45) is -0.185. The molecule has 108 valence electrons. The molecule has 1 aromatic heterocycles. The third kappa shape index (κ3) is 2.90. The lowest BCUT2D eigenvalue weighted by molar-refractivity contribution is -0.115. The molecule has 0 spiro atoms. The van der Waals surface area contributed by atoms with Gasteiger partial charge in [0.2, 0.25) is 5.91 Å². The minimum atomic E-state index is -0.355. The predicted octanol–water partition coefficient (Wildman–Crippen LogP) is 2.93. The normalized spacial score (nSPS) is 10.4. The Hall–Kier alpha value is -2.91. The van der Waals surface area contributed by atoms with Crippen LogP contribution >= 0.6 is 11.6 Å². The van der Waals surface area contributed by atoms with E-state index in [1.54, 1.807) is 36.4 Å². The van der Waals surface area contributed by atoms with Crippen molar-refractivity contribution >= 4 is 34.2 Å². The summed E-state index contributed by atoms with van der Waals surface area (Å²) in [7, 11) is 0. The van der Waals surface area contributed by atoms with E-state index in [9.17, 15) is 4.79 Å². The van der Waals surface area contributed by atoms with Crippen LogP contribution in [0.3, 0.4) is 0 Å². The van der Waals surface area contributed by atoms with Crippen molar-refractivity contribution in [2.24, 2.45) is 0 Å². The Morgan fingerprint density at radius 3 is 2.64 bits per heavy atom. The van der Waals surface area contributed by atoms with Crippen molar-refractivity contribution in [1.29, 1.82) is 5.26 Å². The molecule has 0 unspecified atom stereocenters. The van der Waals surface area contributed by atoms with Gasteiger partial charge < -0.3 is 5.32 Å².